The number of carbonyl (C=O) groups is 1. The van der Waals surface area contributed by atoms with Crippen LogP contribution >= 0.6 is 11.5 Å². The highest BCUT2D eigenvalue weighted by atomic mass is 32.1. The van der Waals surface area contributed by atoms with Crippen LogP contribution in [0.25, 0.3) is 10.1 Å². The molecule has 1 amide bonds. The highest BCUT2D eigenvalue weighted by Gasteiger charge is 2.36. The Bertz CT molecular complexity index is 1420. The predicted octanol–water partition coefficient (Wildman–Crippen LogP) is 5.09. The second-order valence-corrected chi connectivity index (χ2v) is 9.48. The monoisotopic (exact) mass is 497 g/mol. The van der Waals surface area contributed by atoms with Gasteiger partial charge in [0.2, 0.25) is 0 Å². The molecule has 5 rings (SSSR count). The van der Waals surface area contributed by atoms with Crippen molar-refractivity contribution in [2.75, 3.05) is 31.1 Å². The van der Waals surface area contributed by atoms with E-state index in [1.165, 1.54) is 34.6 Å². The third-order valence-electron chi connectivity index (χ3n) is 6.19. The molecule has 1 fully saturated rings. The summed E-state index contributed by atoms with van der Waals surface area (Å²) in [5.41, 5.74) is 0.717. The fourth-order valence-electron chi connectivity index (χ4n) is 4.36. The number of carbonyl (C=O) groups excluding carboxylic acids is 1. The van der Waals surface area contributed by atoms with Crippen molar-refractivity contribution in [2.45, 2.75) is 12.7 Å². The van der Waals surface area contributed by atoms with Crippen LogP contribution in [0.15, 0.2) is 77.6 Å². The van der Waals surface area contributed by atoms with E-state index in [4.69, 9.17) is 0 Å². The maximum Gasteiger partial charge on any atom is 0.417 e. The van der Waals surface area contributed by atoms with E-state index in [0.29, 0.717) is 38.1 Å². The number of halogens is 3. The first-order valence-corrected chi connectivity index (χ1v) is 12.0. The molecule has 2 heterocycles. The zero-order valence-electron chi connectivity index (χ0n) is 18.7. The number of amides is 1. The summed E-state index contributed by atoms with van der Waals surface area (Å²) in [7, 11) is 0. The maximum absolute atomic E-state index is 13.3. The van der Waals surface area contributed by atoms with Crippen LogP contribution in [0.2, 0.25) is 0 Å². The van der Waals surface area contributed by atoms with Crippen LogP contribution in [0.5, 0.6) is 0 Å². The van der Waals surface area contributed by atoms with Gasteiger partial charge in [0.1, 0.15) is 0 Å². The number of piperazine rings is 1. The molecule has 180 valence electrons. The molecule has 0 unspecified atom stereocenters. The third kappa shape index (κ3) is 4.68. The first-order chi connectivity index (χ1) is 16.8. The second-order valence-electron chi connectivity index (χ2n) is 8.42. The first-order valence-electron chi connectivity index (χ1n) is 11.2. The van der Waals surface area contributed by atoms with Gasteiger partial charge in [0, 0.05) is 31.9 Å². The average molecular weight is 498 g/mol. The predicted molar refractivity (Wildman–Crippen MR) is 131 cm³/mol. The number of anilines is 1. The minimum atomic E-state index is -4.58. The van der Waals surface area contributed by atoms with E-state index in [9.17, 15) is 22.8 Å². The van der Waals surface area contributed by atoms with E-state index in [1.54, 1.807) is 3.96 Å². The van der Waals surface area contributed by atoms with Crippen molar-refractivity contribution < 1.29 is 18.0 Å². The summed E-state index contributed by atoms with van der Waals surface area (Å²) in [6, 6.07) is 20.4. The van der Waals surface area contributed by atoms with Crippen LogP contribution in [0.4, 0.5) is 18.9 Å². The Hall–Kier alpha value is -3.59. The summed E-state index contributed by atoms with van der Waals surface area (Å²) in [5.74, 6) is -0.607. The standard InChI is InChI=1S/C26H22F3N3O2S/c27-26(28,29)22-9-5-4-8-20(22)24(33)31-14-12-30(13-15-31)19-10-11-21-23(16-19)35-32(25(21)34)17-18-6-2-1-3-7-18/h1-11,16H,12-15,17H2. The number of aromatic nitrogens is 1. The number of rotatable bonds is 4. The van der Waals surface area contributed by atoms with Gasteiger partial charge in [-0.25, -0.2) is 0 Å². The Morgan fingerprint density at radius 1 is 0.886 bits per heavy atom. The van der Waals surface area contributed by atoms with E-state index >= 15 is 0 Å². The van der Waals surface area contributed by atoms with Gasteiger partial charge in [0.05, 0.1) is 27.8 Å². The van der Waals surface area contributed by atoms with Gasteiger partial charge in [-0.2, -0.15) is 13.2 Å². The lowest BCUT2D eigenvalue weighted by molar-refractivity contribution is -0.138. The van der Waals surface area contributed by atoms with Crippen LogP contribution < -0.4 is 10.5 Å². The second kappa shape index (κ2) is 9.22. The molecule has 5 nitrogen and oxygen atoms in total. The van der Waals surface area contributed by atoms with Gasteiger partial charge >= 0.3 is 6.18 Å². The minimum Gasteiger partial charge on any atom is -0.368 e. The minimum absolute atomic E-state index is 0.0286. The van der Waals surface area contributed by atoms with Crippen molar-refractivity contribution in [3.8, 4) is 0 Å². The van der Waals surface area contributed by atoms with Crippen molar-refractivity contribution in [3.63, 3.8) is 0 Å². The van der Waals surface area contributed by atoms with Crippen LogP contribution in [-0.2, 0) is 12.7 Å². The summed E-state index contributed by atoms with van der Waals surface area (Å²) >= 11 is 1.41. The maximum atomic E-state index is 13.3. The molecule has 1 aliphatic heterocycles. The normalized spacial score (nSPS) is 14.5. The van der Waals surface area contributed by atoms with Crippen LogP contribution in [0.3, 0.4) is 0 Å². The van der Waals surface area contributed by atoms with Crippen molar-refractivity contribution in [1.29, 1.82) is 0 Å². The molecule has 0 N–H and O–H groups in total. The SMILES string of the molecule is O=C(c1ccccc1C(F)(F)F)N1CCN(c2ccc3c(=O)n(Cc4ccccc4)sc3c2)CC1. The molecular weight excluding hydrogens is 475 g/mol. The van der Waals surface area contributed by atoms with Gasteiger partial charge in [0.15, 0.2) is 0 Å². The molecule has 9 heteroatoms. The Kier molecular flexibility index (Phi) is 6.10. The number of fused-ring (bicyclic) bond motifs is 1. The van der Waals surface area contributed by atoms with Crippen LogP contribution in [0.1, 0.15) is 21.5 Å². The molecule has 1 aliphatic rings. The summed E-state index contributed by atoms with van der Waals surface area (Å²) in [5, 5.41) is 0.659. The van der Waals surface area contributed by atoms with Gasteiger partial charge < -0.3 is 9.80 Å². The van der Waals surface area contributed by atoms with Gasteiger partial charge in [-0.3, -0.25) is 13.5 Å². The Morgan fingerprint density at radius 2 is 1.57 bits per heavy atom. The molecule has 0 aliphatic carbocycles. The lowest BCUT2D eigenvalue weighted by Crippen LogP contribution is -2.49. The topological polar surface area (TPSA) is 45.6 Å². The van der Waals surface area contributed by atoms with E-state index in [0.717, 1.165) is 22.0 Å². The molecule has 0 saturated carbocycles. The Labute approximate surface area is 203 Å². The van der Waals surface area contributed by atoms with E-state index in [-0.39, 0.29) is 11.1 Å². The molecule has 1 saturated heterocycles. The third-order valence-corrected chi connectivity index (χ3v) is 7.24. The highest BCUT2D eigenvalue weighted by molar-refractivity contribution is 7.13. The molecule has 0 radical (unpaired) electrons. The number of benzene rings is 3. The van der Waals surface area contributed by atoms with Crippen LogP contribution in [0, 0.1) is 0 Å². The Morgan fingerprint density at radius 3 is 2.29 bits per heavy atom. The molecular formula is C26H22F3N3O2S. The smallest absolute Gasteiger partial charge is 0.368 e. The fourth-order valence-corrected chi connectivity index (χ4v) is 5.42. The zero-order chi connectivity index (χ0) is 24.6. The Balaban J connectivity index is 1.31. The highest BCUT2D eigenvalue weighted by Crippen LogP contribution is 2.33. The largest absolute Gasteiger partial charge is 0.417 e. The van der Waals surface area contributed by atoms with Crippen molar-refractivity contribution in [3.05, 3.63) is 99.8 Å². The summed E-state index contributed by atoms with van der Waals surface area (Å²) in [6.45, 7) is 2.12. The van der Waals surface area contributed by atoms with E-state index in [1.807, 2.05) is 48.5 Å². The van der Waals surface area contributed by atoms with Crippen molar-refractivity contribution in [2.24, 2.45) is 0 Å². The first kappa shape index (κ1) is 23.2. The van der Waals surface area contributed by atoms with E-state index < -0.39 is 17.6 Å². The molecule has 35 heavy (non-hydrogen) atoms. The van der Waals surface area contributed by atoms with Crippen molar-refractivity contribution >= 4 is 33.2 Å². The molecule has 0 atom stereocenters. The van der Waals surface area contributed by atoms with Gasteiger partial charge in [0.25, 0.3) is 11.5 Å². The zero-order valence-corrected chi connectivity index (χ0v) is 19.5. The lowest BCUT2D eigenvalue weighted by atomic mass is 10.1. The quantitative estimate of drug-likeness (QED) is 0.395. The van der Waals surface area contributed by atoms with Gasteiger partial charge in [-0.1, -0.05) is 54.0 Å². The summed E-state index contributed by atoms with van der Waals surface area (Å²) in [4.78, 5) is 29.2. The average Bonchev–Trinajstić information content (AvgIpc) is 3.18. The summed E-state index contributed by atoms with van der Waals surface area (Å²) < 4.78 is 42.6. The van der Waals surface area contributed by atoms with E-state index in [2.05, 4.69) is 4.90 Å². The number of hydrogen-bond acceptors (Lipinski definition) is 4. The van der Waals surface area contributed by atoms with Gasteiger partial charge in [-0.05, 0) is 35.9 Å². The van der Waals surface area contributed by atoms with Crippen LogP contribution in [-0.4, -0.2) is 40.9 Å². The number of nitrogens with zero attached hydrogens (tertiary/aromatic N) is 3. The summed E-state index contributed by atoms with van der Waals surface area (Å²) in [6.07, 6.45) is -4.58. The molecule has 3 aromatic carbocycles. The molecule has 0 bridgehead atoms. The van der Waals surface area contributed by atoms with Crippen molar-refractivity contribution in [1.82, 2.24) is 8.86 Å². The number of alkyl halides is 3. The van der Waals surface area contributed by atoms with Gasteiger partial charge in [-0.15, -0.1) is 0 Å². The number of hydrogen-bond donors (Lipinski definition) is 0. The lowest BCUT2D eigenvalue weighted by Gasteiger charge is -2.36. The molecule has 0 spiro atoms. The molecule has 1 aromatic heterocycles. The molecule has 4 aromatic rings. The fraction of sp³-hybridized carbons (Fsp3) is 0.231.